The second kappa shape index (κ2) is 1.55. The number of aliphatic hydroxyl groups is 2. The van der Waals surface area contributed by atoms with Crippen LogP contribution in [0.2, 0.25) is 0 Å². The first-order valence-electron chi connectivity index (χ1n) is 1.92. The quantitative estimate of drug-likeness (QED) is 0.376. The van der Waals surface area contributed by atoms with Crippen LogP contribution in [0.25, 0.3) is 0 Å². The Morgan fingerprint density at radius 2 is 2.00 bits per heavy atom. The summed E-state index contributed by atoms with van der Waals surface area (Å²) in [4.78, 5) is 0. The third kappa shape index (κ3) is 0.887. The molecule has 2 nitrogen and oxygen atoms in total. The Morgan fingerprint density at radius 3 is 2.00 bits per heavy atom. The van der Waals surface area contributed by atoms with Crippen LogP contribution >= 0.6 is 21.6 Å². The molecule has 0 amide bonds. The molecule has 1 aliphatic rings. The van der Waals surface area contributed by atoms with Gasteiger partial charge in [-0.25, -0.2) is 0 Å². The van der Waals surface area contributed by atoms with Gasteiger partial charge in [0, 0.05) is 0 Å². The molecule has 1 rings (SSSR count). The molecule has 1 atom stereocenters. The zero-order chi connectivity index (χ0) is 5.49. The van der Waals surface area contributed by atoms with Crippen LogP contribution in [0.4, 0.5) is 0 Å². The maximum atomic E-state index is 8.68. The summed E-state index contributed by atoms with van der Waals surface area (Å²) in [7, 11) is 2.58. The highest BCUT2D eigenvalue weighted by atomic mass is 33.1. The maximum Gasteiger partial charge on any atom is 0.236 e. The average Bonchev–Trinajstić information content (AvgIpc) is 1.63. The fourth-order valence-corrected chi connectivity index (χ4v) is 2.07. The first-order chi connectivity index (χ1) is 3.13. The van der Waals surface area contributed by atoms with Crippen molar-refractivity contribution in [2.24, 2.45) is 0 Å². The fraction of sp³-hybridized carbons (Fsp3) is 1.00. The molecule has 1 heterocycles. The van der Waals surface area contributed by atoms with Crippen molar-refractivity contribution < 1.29 is 10.2 Å². The normalized spacial score (nSPS) is 37.3. The zero-order valence-electron chi connectivity index (χ0n) is 3.79. The van der Waals surface area contributed by atoms with Crippen LogP contribution in [0.15, 0.2) is 0 Å². The number of hydrogen-bond acceptors (Lipinski definition) is 4. The summed E-state index contributed by atoms with van der Waals surface area (Å²) in [5, 5.41) is 15.9. The van der Waals surface area contributed by atoms with Crippen molar-refractivity contribution in [2.75, 3.05) is 0 Å². The molecule has 7 heavy (non-hydrogen) atoms. The highest BCUT2D eigenvalue weighted by molar-refractivity contribution is 8.80. The van der Waals surface area contributed by atoms with Crippen LogP contribution in [0.3, 0.4) is 0 Å². The summed E-state index contributed by atoms with van der Waals surface area (Å²) in [6, 6.07) is 0. The summed E-state index contributed by atoms with van der Waals surface area (Å²) in [6.07, 6.45) is 0. The van der Waals surface area contributed by atoms with Gasteiger partial charge in [-0.1, -0.05) is 10.8 Å². The van der Waals surface area contributed by atoms with E-state index in [1.165, 1.54) is 10.8 Å². The van der Waals surface area contributed by atoms with Crippen LogP contribution < -0.4 is 0 Å². The molecule has 0 aromatic heterocycles. The molecule has 42 valence electrons. The minimum atomic E-state index is -1.44. The lowest BCUT2D eigenvalue weighted by Gasteiger charge is -2.35. The summed E-state index contributed by atoms with van der Waals surface area (Å²) < 4.78 is 0. The van der Waals surface area contributed by atoms with Gasteiger partial charge in [-0.3, -0.25) is 0 Å². The molecule has 1 fully saturated rings. The van der Waals surface area contributed by atoms with E-state index in [9.17, 15) is 0 Å². The minimum Gasteiger partial charge on any atom is -0.356 e. The lowest BCUT2D eigenvalue weighted by Crippen LogP contribution is -2.40. The van der Waals surface area contributed by atoms with Crippen LogP contribution in [0, 0.1) is 0 Å². The van der Waals surface area contributed by atoms with Crippen LogP contribution in [0.1, 0.15) is 6.92 Å². The topological polar surface area (TPSA) is 40.5 Å². The van der Waals surface area contributed by atoms with Gasteiger partial charge in [0.15, 0.2) is 0 Å². The smallest absolute Gasteiger partial charge is 0.236 e. The molecule has 0 aromatic rings. The molecular weight excluding hydrogens is 132 g/mol. The van der Waals surface area contributed by atoms with Crippen molar-refractivity contribution in [1.82, 2.24) is 0 Å². The van der Waals surface area contributed by atoms with Crippen molar-refractivity contribution in [1.29, 1.82) is 0 Å². The van der Waals surface area contributed by atoms with Gasteiger partial charge in [0.05, 0.1) is 5.25 Å². The maximum absolute atomic E-state index is 8.68. The standard InChI is InChI=1S/C3H6O2S2/c1-2-3(4,5)7-6-2/h2,4-5H,1H3. The summed E-state index contributed by atoms with van der Waals surface area (Å²) in [5.41, 5.74) is 0. The van der Waals surface area contributed by atoms with E-state index >= 15 is 0 Å². The van der Waals surface area contributed by atoms with Gasteiger partial charge in [-0.15, -0.1) is 0 Å². The fourth-order valence-electron chi connectivity index (χ4n) is 0.230. The van der Waals surface area contributed by atoms with Gasteiger partial charge in [-0.2, -0.15) is 0 Å². The molecule has 0 spiro atoms. The van der Waals surface area contributed by atoms with Gasteiger partial charge in [0.1, 0.15) is 0 Å². The summed E-state index contributed by atoms with van der Waals surface area (Å²) >= 11 is 0. The Morgan fingerprint density at radius 1 is 1.57 bits per heavy atom. The summed E-state index contributed by atoms with van der Waals surface area (Å²) in [6.45, 7) is 1.78. The van der Waals surface area contributed by atoms with Crippen LogP contribution in [0.5, 0.6) is 0 Å². The monoisotopic (exact) mass is 138 g/mol. The van der Waals surface area contributed by atoms with Gasteiger partial charge in [0.2, 0.25) is 5.12 Å². The van der Waals surface area contributed by atoms with E-state index in [0.29, 0.717) is 0 Å². The molecule has 4 heteroatoms. The van der Waals surface area contributed by atoms with Crippen molar-refractivity contribution in [3.63, 3.8) is 0 Å². The molecule has 0 radical (unpaired) electrons. The van der Waals surface area contributed by atoms with E-state index in [2.05, 4.69) is 0 Å². The van der Waals surface area contributed by atoms with Gasteiger partial charge in [-0.05, 0) is 17.7 Å². The molecule has 2 N–H and O–H groups in total. The van der Waals surface area contributed by atoms with E-state index in [4.69, 9.17) is 10.2 Å². The van der Waals surface area contributed by atoms with E-state index in [0.717, 1.165) is 10.8 Å². The third-order valence-electron chi connectivity index (χ3n) is 0.845. The molecule has 1 aliphatic heterocycles. The van der Waals surface area contributed by atoms with E-state index in [1.54, 1.807) is 6.92 Å². The highest BCUT2D eigenvalue weighted by Gasteiger charge is 2.42. The van der Waals surface area contributed by atoms with Crippen LogP contribution in [-0.4, -0.2) is 20.6 Å². The van der Waals surface area contributed by atoms with E-state index in [-0.39, 0.29) is 5.25 Å². The molecule has 0 aromatic carbocycles. The summed E-state index contributed by atoms with van der Waals surface area (Å²) in [5.74, 6) is 0. The largest absolute Gasteiger partial charge is 0.356 e. The predicted molar refractivity (Wildman–Crippen MR) is 31.8 cm³/mol. The Labute approximate surface area is 49.7 Å². The highest BCUT2D eigenvalue weighted by Crippen LogP contribution is 2.52. The van der Waals surface area contributed by atoms with Crippen molar-refractivity contribution in [3.05, 3.63) is 0 Å². The van der Waals surface area contributed by atoms with Gasteiger partial charge < -0.3 is 10.2 Å². The average molecular weight is 138 g/mol. The molecule has 0 aliphatic carbocycles. The molecule has 0 bridgehead atoms. The number of hydrogen-bond donors (Lipinski definition) is 2. The Bertz CT molecular complexity index is 83.0. The SMILES string of the molecule is CC1SSC1(O)O. The molecule has 0 saturated carbocycles. The van der Waals surface area contributed by atoms with Gasteiger partial charge >= 0.3 is 0 Å². The van der Waals surface area contributed by atoms with Gasteiger partial charge in [0.25, 0.3) is 0 Å². The van der Waals surface area contributed by atoms with E-state index < -0.39 is 5.12 Å². The Hall–Kier alpha value is 0.620. The third-order valence-corrected chi connectivity index (χ3v) is 4.20. The first-order valence-corrected chi connectivity index (χ1v) is 4.13. The minimum absolute atomic E-state index is 0.0301. The second-order valence-electron chi connectivity index (χ2n) is 1.48. The van der Waals surface area contributed by atoms with Crippen molar-refractivity contribution in [3.8, 4) is 0 Å². The second-order valence-corrected chi connectivity index (χ2v) is 4.22. The van der Waals surface area contributed by atoms with Crippen LogP contribution in [-0.2, 0) is 0 Å². The Kier molecular flexibility index (Phi) is 1.27. The zero-order valence-corrected chi connectivity index (χ0v) is 5.42. The first kappa shape index (κ1) is 5.75. The van der Waals surface area contributed by atoms with Crippen molar-refractivity contribution in [2.45, 2.75) is 17.3 Å². The van der Waals surface area contributed by atoms with E-state index in [1.807, 2.05) is 0 Å². The lowest BCUT2D eigenvalue weighted by atomic mass is 10.5. The molecular formula is C3H6O2S2. The van der Waals surface area contributed by atoms with Crippen molar-refractivity contribution >= 4 is 21.6 Å². The molecule has 1 unspecified atom stereocenters. The predicted octanol–water partition coefficient (Wildman–Crippen LogP) is 0.408. The molecule has 1 saturated heterocycles. The Balaban J connectivity index is 2.43. The number of rotatable bonds is 0. The lowest BCUT2D eigenvalue weighted by molar-refractivity contribution is -0.0750.